The molecule has 1 saturated heterocycles. The third-order valence-electron chi connectivity index (χ3n) is 6.00. The van der Waals surface area contributed by atoms with Crippen molar-refractivity contribution in [2.75, 3.05) is 38.7 Å². The van der Waals surface area contributed by atoms with Crippen molar-refractivity contribution in [1.82, 2.24) is 15.5 Å². The summed E-state index contributed by atoms with van der Waals surface area (Å²) in [5, 5.41) is 5.16. The van der Waals surface area contributed by atoms with Crippen LogP contribution in [0.2, 0.25) is 0 Å². The van der Waals surface area contributed by atoms with Crippen molar-refractivity contribution in [3.63, 3.8) is 0 Å². The molecule has 0 unspecified atom stereocenters. The second kappa shape index (κ2) is 9.98. The molecule has 2 aromatic rings. The molecule has 8 nitrogen and oxygen atoms in total. The van der Waals surface area contributed by atoms with Crippen LogP contribution in [0.3, 0.4) is 0 Å². The zero-order valence-electron chi connectivity index (χ0n) is 19.5. The van der Waals surface area contributed by atoms with Gasteiger partial charge in [-0.15, -0.1) is 0 Å². The first-order valence-corrected chi connectivity index (χ1v) is 11.2. The summed E-state index contributed by atoms with van der Waals surface area (Å²) in [6.45, 7) is 3.62. The molecule has 0 bridgehead atoms. The Balaban J connectivity index is 1.40. The molecule has 4 rings (SSSR count). The minimum Gasteiger partial charge on any atom is -0.489 e. The molecule has 1 fully saturated rings. The van der Waals surface area contributed by atoms with E-state index in [1.165, 1.54) is 4.90 Å². The van der Waals surface area contributed by atoms with Crippen molar-refractivity contribution in [3.8, 4) is 17.6 Å². The SMILES string of the molecule is C[C@@H](NC(=O)C(=O)N[C@H]1COc2ccc(C#CC3CN(C)C3)cc2N(C)C1=O)c1ccccc1. The minimum absolute atomic E-state index is 0.0805. The molecule has 0 aliphatic carbocycles. The van der Waals surface area contributed by atoms with Crippen molar-refractivity contribution >= 4 is 23.4 Å². The molecule has 2 N–H and O–H groups in total. The minimum atomic E-state index is -0.997. The number of hydrogen-bond donors (Lipinski definition) is 2. The fraction of sp³-hybridized carbons (Fsp3) is 0.346. The van der Waals surface area contributed by atoms with Gasteiger partial charge in [-0.05, 0) is 37.7 Å². The lowest BCUT2D eigenvalue weighted by Crippen LogP contribution is -2.53. The van der Waals surface area contributed by atoms with Gasteiger partial charge < -0.3 is 25.2 Å². The lowest BCUT2D eigenvalue weighted by molar-refractivity contribution is -0.141. The highest BCUT2D eigenvalue weighted by Gasteiger charge is 2.32. The van der Waals surface area contributed by atoms with E-state index in [-0.39, 0.29) is 18.6 Å². The Morgan fingerprint density at radius 3 is 2.53 bits per heavy atom. The van der Waals surface area contributed by atoms with E-state index in [0.29, 0.717) is 17.4 Å². The number of likely N-dealkylation sites (N-methyl/N-ethyl adjacent to an activating group) is 1. The molecule has 2 aliphatic heterocycles. The third kappa shape index (κ3) is 5.21. The number of benzene rings is 2. The van der Waals surface area contributed by atoms with E-state index in [4.69, 9.17) is 4.74 Å². The first-order chi connectivity index (χ1) is 16.3. The second-order valence-electron chi connectivity index (χ2n) is 8.71. The Morgan fingerprint density at radius 1 is 1.09 bits per heavy atom. The van der Waals surface area contributed by atoms with Crippen molar-refractivity contribution in [2.45, 2.75) is 19.0 Å². The number of ether oxygens (including phenoxy) is 1. The van der Waals surface area contributed by atoms with Gasteiger partial charge in [-0.1, -0.05) is 42.2 Å². The number of rotatable bonds is 3. The predicted octanol–water partition coefficient (Wildman–Crippen LogP) is 1.32. The summed E-state index contributed by atoms with van der Waals surface area (Å²) in [5.41, 5.74) is 2.23. The van der Waals surface area contributed by atoms with Crippen LogP contribution in [0.15, 0.2) is 48.5 Å². The van der Waals surface area contributed by atoms with E-state index in [9.17, 15) is 14.4 Å². The van der Waals surface area contributed by atoms with Gasteiger partial charge in [0.1, 0.15) is 18.4 Å². The number of carbonyl (C=O) groups is 3. The van der Waals surface area contributed by atoms with E-state index in [0.717, 1.165) is 24.2 Å². The van der Waals surface area contributed by atoms with Crippen molar-refractivity contribution < 1.29 is 19.1 Å². The van der Waals surface area contributed by atoms with E-state index >= 15 is 0 Å². The van der Waals surface area contributed by atoms with E-state index in [2.05, 4.69) is 34.4 Å². The third-order valence-corrected chi connectivity index (χ3v) is 6.00. The monoisotopic (exact) mass is 460 g/mol. The van der Waals surface area contributed by atoms with Gasteiger partial charge in [0.05, 0.1) is 11.7 Å². The summed E-state index contributed by atoms with van der Waals surface area (Å²) in [4.78, 5) is 41.6. The molecule has 3 amide bonds. The largest absolute Gasteiger partial charge is 0.489 e. The van der Waals surface area contributed by atoms with Crippen molar-refractivity contribution in [3.05, 3.63) is 59.7 Å². The molecule has 2 aromatic carbocycles. The molecule has 2 aliphatic rings. The van der Waals surface area contributed by atoms with Crippen LogP contribution in [0.4, 0.5) is 5.69 Å². The van der Waals surface area contributed by atoms with Gasteiger partial charge in [-0.25, -0.2) is 0 Å². The number of hydrogen-bond acceptors (Lipinski definition) is 5. The molecule has 2 heterocycles. The van der Waals surface area contributed by atoms with E-state index in [1.807, 2.05) is 36.4 Å². The highest BCUT2D eigenvalue weighted by atomic mass is 16.5. The van der Waals surface area contributed by atoms with Gasteiger partial charge in [0, 0.05) is 31.6 Å². The topological polar surface area (TPSA) is 91.0 Å². The average molecular weight is 461 g/mol. The van der Waals surface area contributed by atoms with Gasteiger partial charge in [0.25, 0.3) is 5.91 Å². The van der Waals surface area contributed by atoms with Crippen LogP contribution < -0.4 is 20.3 Å². The van der Waals surface area contributed by atoms with Crippen LogP contribution in [0, 0.1) is 17.8 Å². The molecular formula is C26H28N4O4. The maximum Gasteiger partial charge on any atom is 0.310 e. The molecule has 0 aromatic heterocycles. The second-order valence-corrected chi connectivity index (χ2v) is 8.71. The molecule has 34 heavy (non-hydrogen) atoms. The number of nitrogens with one attached hydrogen (secondary N) is 2. The van der Waals surface area contributed by atoms with Crippen molar-refractivity contribution in [2.24, 2.45) is 5.92 Å². The zero-order chi connectivity index (χ0) is 24.2. The lowest BCUT2D eigenvalue weighted by atomic mass is 10.0. The maximum atomic E-state index is 13.0. The first-order valence-electron chi connectivity index (χ1n) is 11.2. The van der Waals surface area contributed by atoms with Gasteiger partial charge in [-0.2, -0.15) is 0 Å². The van der Waals surface area contributed by atoms with Crippen LogP contribution >= 0.6 is 0 Å². The summed E-state index contributed by atoms with van der Waals surface area (Å²) in [5.74, 6) is 5.22. The highest BCUT2D eigenvalue weighted by Crippen LogP contribution is 2.31. The van der Waals surface area contributed by atoms with Gasteiger partial charge in [0.15, 0.2) is 0 Å². The van der Waals surface area contributed by atoms with Crippen LogP contribution in [0.1, 0.15) is 24.1 Å². The molecule has 0 radical (unpaired) electrons. The Labute approximate surface area is 199 Å². The molecular weight excluding hydrogens is 432 g/mol. The quantitative estimate of drug-likeness (QED) is 0.533. The standard InChI is InChI=1S/C26H28N4O4/c1-17(20-7-5-4-6-8-20)27-24(31)25(32)28-21-16-34-23-12-11-18(9-10-19-14-29(2)15-19)13-22(23)30(3)26(21)33/h4-8,11-13,17,19,21H,14-16H2,1-3H3,(H,27,31)(H,28,32)/t17-,21+/m1/s1. The Hall–Kier alpha value is -3.83. The maximum absolute atomic E-state index is 13.0. The van der Waals surface area contributed by atoms with Crippen molar-refractivity contribution in [1.29, 1.82) is 0 Å². The first kappa shape index (κ1) is 23.3. The van der Waals surface area contributed by atoms with Crippen LogP contribution in [0.5, 0.6) is 5.75 Å². The van der Waals surface area contributed by atoms with E-state index in [1.54, 1.807) is 26.1 Å². The van der Waals surface area contributed by atoms with Crippen LogP contribution in [0.25, 0.3) is 0 Å². The Morgan fingerprint density at radius 2 is 1.82 bits per heavy atom. The number of anilines is 1. The summed E-state index contributed by atoms with van der Waals surface area (Å²) in [6.07, 6.45) is 0. The lowest BCUT2D eigenvalue weighted by Gasteiger charge is -2.32. The summed E-state index contributed by atoms with van der Waals surface area (Å²) in [7, 11) is 3.67. The summed E-state index contributed by atoms with van der Waals surface area (Å²) in [6, 6.07) is 13.4. The van der Waals surface area contributed by atoms with Gasteiger partial charge >= 0.3 is 11.8 Å². The molecule has 0 saturated carbocycles. The molecule has 8 heteroatoms. The van der Waals surface area contributed by atoms with E-state index < -0.39 is 17.9 Å². The summed E-state index contributed by atoms with van der Waals surface area (Å²) < 4.78 is 5.80. The van der Waals surface area contributed by atoms with Crippen LogP contribution in [-0.4, -0.2) is 62.5 Å². The summed E-state index contributed by atoms with van der Waals surface area (Å²) >= 11 is 0. The fourth-order valence-electron chi connectivity index (χ4n) is 3.97. The number of nitrogens with zero attached hydrogens (tertiary/aromatic N) is 2. The fourth-order valence-corrected chi connectivity index (χ4v) is 3.97. The van der Waals surface area contributed by atoms with Gasteiger partial charge in [0.2, 0.25) is 0 Å². The average Bonchev–Trinajstić information content (AvgIpc) is 2.93. The Kier molecular flexibility index (Phi) is 6.85. The Bertz CT molecular complexity index is 1150. The number of carbonyl (C=O) groups excluding carboxylic acids is 3. The number of amides is 3. The van der Waals surface area contributed by atoms with Crippen LogP contribution in [-0.2, 0) is 14.4 Å². The normalized spacial score (nSPS) is 18.9. The highest BCUT2D eigenvalue weighted by molar-refractivity contribution is 6.35. The number of fused-ring (bicyclic) bond motifs is 1. The zero-order valence-corrected chi connectivity index (χ0v) is 19.5. The predicted molar refractivity (Wildman–Crippen MR) is 128 cm³/mol. The molecule has 0 spiro atoms. The van der Waals surface area contributed by atoms with Gasteiger partial charge in [-0.3, -0.25) is 14.4 Å². The number of likely N-dealkylation sites (tertiary alicyclic amines) is 1. The molecule has 2 atom stereocenters. The molecule has 176 valence electrons. The smallest absolute Gasteiger partial charge is 0.310 e.